The van der Waals surface area contributed by atoms with Gasteiger partial charge >= 0.3 is 12.1 Å². The number of carbonyl (C=O) groups excluding carboxylic acids is 2. The highest BCUT2D eigenvalue weighted by atomic mass is 32.1. The van der Waals surface area contributed by atoms with Crippen molar-refractivity contribution in [1.29, 1.82) is 0 Å². The van der Waals surface area contributed by atoms with Gasteiger partial charge in [-0.15, -0.1) is 11.3 Å². The lowest BCUT2D eigenvalue weighted by Gasteiger charge is -2.08. The molecule has 0 aliphatic heterocycles. The highest BCUT2D eigenvalue weighted by Crippen LogP contribution is 2.36. The normalized spacial score (nSPS) is 11.5. The molecule has 1 heterocycles. The van der Waals surface area contributed by atoms with Gasteiger partial charge in [0.1, 0.15) is 10.6 Å². The number of hydrogen-bond donors (Lipinski definition) is 1. The van der Waals surface area contributed by atoms with Crippen molar-refractivity contribution >= 4 is 34.3 Å². The van der Waals surface area contributed by atoms with Gasteiger partial charge in [-0.1, -0.05) is 42.5 Å². The number of thiophene rings is 1. The highest BCUT2D eigenvalue weighted by Gasteiger charge is 2.30. The molecule has 0 aliphatic rings. The van der Waals surface area contributed by atoms with Crippen LogP contribution in [0.5, 0.6) is 0 Å². The number of ether oxygens (including phenoxy) is 1. The van der Waals surface area contributed by atoms with Gasteiger partial charge in [-0.3, -0.25) is 4.79 Å². The molecule has 3 rings (SSSR count). The van der Waals surface area contributed by atoms with Crippen LogP contribution < -0.4 is 5.32 Å². The molecular weight excluding hydrogens is 427 g/mol. The van der Waals surface area contributed by atoms with Crippen molar-refractivity contribution in [1.82, 2.24) is 0 Å². The largest absolute Gasteiger partial charge is 0.462 e. The van der Waals surface area contributed by atoms with E-state index in [0.717, 1.165) is 23.8 Å². The topological polar surface area (TPSA) is 55.4 Å². The Morgan fingerprint density at radius 3 is 2.52 bits per heavy atom. The predicted octanol–water partition coefficient (Wildman–Crippen LogP) is 6.26. The van der Waals surface area contributed by atoms with Crippen LogP contribution in [0.3, 0.4) is 0 Å². The molecule has 2 aromatic carbocycles. The summed E-state index contributed by atoms with van der Waals surface area (Å²) in [6.07, 6.45) is -2.07. The maximum atomic E-state index is 12.8. The summed E-state index contributed by atoms with van der Waals surface area (Å²) in [6, 6.07) is 13.8. The van der Waals surface area contributed by atoms with Crippen molar-refractivity contribution in [2.75, 3.05) is 11.9 Å². The molecule has 0 fully saturated rings. The lowest BCUT2D eigenvalue weighted by atomic mass is 10.0. The van der Waals surface area contributed by atoms with E-state index in [1.165, 1.54) is 29.5 Å². The van der Waals surface area contributed by atoms with E-state index in [2.05, 4.69) is 5.32 Å². The molecule has 0 atom stereocenters. The molecule has 160 valence electrons. The van der Waals surface area contributed by atoms with Gasteiger partial charge in [-0.05, 0) is 36.3 Å². The van der Waals surface area contributed by atoms with Crippen molar-refractivity contribution < 1.29 is 27.5 Å². The maximum Gasteiger partial charge on any atom is 0.416 e. The quantitative estimate of drug-likeness (QED) is 0.360. The number of rotatable bonds is 6. The van der Waals surface area contributed by atoms with E-state index in [9.17, 15) is 22.8 Å². The summed E-state index contributed by atoms with van der Waals surface area (Å²) in [7, 11) is 0. The number of esters is 1. The number of alkyl halides is 3. The smallest absolute Gasteiger partial charge is 0.416 e. The minimum absolute atomic E-state index is 0.172. The average Bonchev–Trinajstić information content (AvgIpc) is 3.16. The van der Waals surface area contributed by atoms with E-state index < -0.39 is 23.6 Å². The molecule has 4 nitrogen and oxygen atoms in total. The Labute approximate surface area is 181 Å². The maximum absolute atomic E-state index is 12.8. The third-order valence-electron chi connectivity index (χ3n) is 4.23. The lowest BCUT2D eigenvalue weighted by molar-refractivity contribution is -0.137. The number of halogens is 3. The van der Waals surface area contributed by atoms with E-state index in [1.807, 2.05) is 30.3 Å². The SMILES string of the molecule is CCOC(=O)c1c(-c2ccccc2)csc1NC(=O)/C=C/c1cccc(C(F)(F)F)c1. The third-order valence-corrected chi connectivity index (χ3v) is 5.13. The van der Waals surface area contributed by atoms with Gasteiger partial charge in [0.15, 0.2) is 0 Å². The fraction of sp³-hybridized carbons (Fsp3) is 0.130. The van der Waals surface area contributed by atoms with Crippen LogP contribution in [-0.2, 0) is 15.7 Å². The second-order valence-electron chi connectivity index (χ2n) is 6.39. The summed E-state index contributed by atoms with van der Waals surface area (Å²) in [5, 5.41) is 4.67. The minimum Gasteiger partial charge on any atom is -0.462 e. The van der Waals surface area contributed by atoms with Gasteiger partial charge in [-0.2, -0.15) is 13.2 Å². The molecule has 0 saturated heterocycles. The van der Waals surface area contributed by atoms with E-state index in [0.29, 0.717) is 10.6 Å². The van der Waals surface area contributed by atoms with Crippen LogP contribution in [0.1, 0.15) is 28.4 Å². The van der Waals surface area contributed by atoms with Crippen LogP contribution in [0, 0.1) is 0 Å². The summed E-state index contributed by atoms with van der Waals surface area (Å²) in [5.41, 5.74) is 1.08. The summed E-state index contributed by atoms with van der Waals surface area (Å²) < 4.78 is 43.6. The first-order valence-corrected chi connectivity index (χ1v) is 10.2. The third kappa shape index (κ3) is 5.61. The number of hydrogen-bond acceptors (Lipinski definition) is 4. The Hall–Kier alpha value is -3.39. The zero-order valence-corrected chi connectivity index (χ0v) is 17.2. The lowest BCUT2D eigenvalue weighted by Crippen LogP contribution is -2.12. The van der Waals surface area contributed by atoms with Crippen molar-refractivity contribution in [2.24, 2.45) is 0 Å². The van der Waals surface area contributed by atoms with E-state index in [-0.39, 0.29) is 17.7 Å². The zero-order chi connectivity index (χ0) is 22.4. The summed E-state index contributed by atoms with van der Waals surface area (Å²) in [6.45, 7) is 1.86. The highest BCUT2D eigenvalue weighted by molar-refractivity contribution is 7.15. The van der Waals surface area contributed by atoms with Crippen LogP contribution in [0.4, 0.5) is 18.2 Å². The summed E-state index contributed by atoms with van der Waals surface area (Å²) >= 11 is 1.17. The predicted molar refractivity (Wildman–Crippen MR) is 115 cm³/mol. The van der Waals surface area contributed by atoms with Gasteiger partial charge in [0.2, 0.25) is 5.91 Å². The van der Waals surface area contributed by atoms with Crippen molar-refractivity contribution in [2.45, 2.75) is 13.1 Å². The number of amides is 1. The Bertz CT molecular complexity index is 1100. The minimum atomic E-state index is -4.47. The standard InChI is InChI=1S/C23H18F3NO3S/c1-2-30-22(29)20-18(16-8-4-3-5-9-16)14-31-21(20)27-19(28)12-11-15-7-6-10-17(13-15)23(24,25)26/h3-14H,2H2,1H3,(H,27,28)/b12-11+. The average molecular weight is 445 g/mol. The molecule has 0 radical (unpaired) electrons. The molecule has 0 spiro atoms. The van der Waals surface area contributed by atoms with Gasteiger partial charge in [0.05, 0.1) is 12.2 Å². The van der Waals surface area contributed by atoms with Crippen molar-refractivity contribution in [3.8, 4) is 11.1 Å². The van der Waals surface area contributed by atoms with Crippen molar-refractivity contribution in [3.05, 3.63) is 82.7 Å². The van der Waals surface area contributed by atoms with Crippen LogP contribution in [0.2, 0.25) is 0 Å². The molecule has 1 aromatic heterocycles. The molecule has 1 N–H and O–H groups in total. The fourth-order valence-electron chi connectivity index (χ4n) is 2.83. The van der Waals surface area contributed by atoms with Crippen molar-refractivity contribution in [3.63, 3.8) is 0 Å². The summed E-state index contributed by atoms with van der Waals surface area (Å²) in [5.74, 6) is -1.15. The molecule has 0 unspecified atom stereocenters. The first kappa shape index (κ1) is 22.3. The van der Waals surface area contributed by atoms with E-state index in [1.54, 1.807) is 12.3 Å². The van der Waals surface area contributed by atoms with Crippen LogP contribution in [-0.4, -0.2) is 18.5 Å². The number of anilines is 1. The molecule has 0 saturated carbocycles. The molecule has 3 aromatic rings. The second-order valence-corrected chi connectivity index (χ2v) is 7.27. The van der Waals surface area contributed by atoms with Gasteiger partial charge in [0.25, 0.3) is 0 Å². The number of carbonyl (C=O) groups is 2. The van der Waals surface area contributed by atoms with Crippen LogP contribution in [0.15, 0.2) is 66.1 Å². The Morgan fingerprint density at radius 1 is 1.10 bits per heavy atom. The molecule has 1 amide bonds. The Balaban J connectivity index is 1.84. The van der Waals surface area contributed by atoms with E-state index >= 15 is 0 Å². The summed E-state index contributed by atoms with van der Waals surface area (Å²) in [4.78, 5) is 24.9. The first-order chi connectivity index (χ1) is 14.8. The van der Waals surface area contributed by atoms with Gasteiger partial charge in [-0.25, -0.2) is 4.79 Å². The van der Waals surface area contributed by atoms with E-state index in [4.69, 9.17) is 4.74 Å². The Kier molecular flexibility index (Phi) is 6.91. The van der Waals surface area contributed by atoms with Crippen LogP contribution in [0.25, 0.3) is 17.2 Å². The first-order valence-electron chi connectivity index (χ1n) is 9.30. The number of nitrogens with one attached hydrogen (secondary N) is 1. The molecule has 0 aliphatic carbocycles. The number of benzene rings is 2. The molecule has 31 heavy (non-hydrogen) atoms. The zero-order valence-electron chi connectivity index (χ0n) is 16.4. The second kappa shape index (κ2) is 9.61. The Morgan fingerprint density at radius 2 is 1.84 bits per heavy atom. The van der Waals surface area contributed by atoms with Gasteiger partial charge in [0, 0.05) is 17.0 Å². The van der Waals surface area contributed by atoms with Crippen LogP contribution >= 0.6 is 11.3 Å². The van der Waals surface area contributed by atoms with Gasteiger partial charge < -0.3 is 10.1 Å². The fourth-order valence-corrected chi connectivity index (χ4v) is 3.79. The molecule has 8 heteroatoms. The monoisotopic (exact) mass is 445 g/mol. The molecule has 0 bridgehead atoms. The molecular formula is C23H18F3NO3S.